The highest BCUT2D eigenvalue weighted by Crippen LogP contribution is 2.23. The molecule has 0 saturated carbocycles. The Kier molecular flexibility index (Phi) is 5.75. The third kappa shape index (κ3) is 5.26. The standard InChI is InChI=1S/C15H20N6O2S2/c1-9(2)18-15(24)21-25(22,23)12-8-17-14(16)20-13(12)19-11-6-4-5-10(3)7-11/h4-9H,1-3H3,(H2,18,21,24)(H3,16,17,19,20). The van der Waals surface area contributed by atoms with Gasteiger partial charge in [0.05, 0.1) is 6.20 Å². The zero-order valence-electron chi connectivity index (χ0n) is 14.1. The lowest BCUT2D eigenvalue weighted by atomic mass is 10.2. The minimum absolute atomic E-state index is 0.00618. The average molecular weight is 380 g/mol. The van der Waals surface area contributed by atoms with Crippen molar-refractivity contribution in [3.8, 4) is 0 Å². The van der Waals surface area contributed by atoms with Gasteiger partial charge < -0.3 is 16.4 Å². The van der Waals surface area contributed by atoms with E-state index in [0.29, 0.717) is 5.69 Å². The second-order valence-corrected chi connectivity index (χ2v) is 7.73. The minimum Gasteiger partial charge on any atom is -0.368 e. The van der Waals surface area contributed by atoms with Crippen LogP contribution in [0.25, 0.3) is 0 Å². The number of sulfonamides is 1. The lowest BCUT2D eigenvalue weighted by Crippen LogP contribution is -2.42. The molecule has 2 aromatic rings. The SMILES string of the molecule is Cc1cccc(Nc2nc(N)ncc2S(=O)(=O)NC(=S)NC(C)C)c1. The fourth-order valence-electron chi connectivity index (χ4n) is 2.00. The summed E-state index contributed by atoms with van der Waals surface area (Å²) in [4.78, 5) is 7.63. The van der Waals surface area contributed by atoms with Crippen molar-refractivity contribution in [1.82, 2.24) is 20.0 Å². The third-order valence-corrected chi connectivity index (χ3v) is 4.69. The Balaban J connectivity index is 2.36. The molecule has 8 nitrogen and oxygen atoms in total. The Labute approximate surface area is 152 Å². The summed E-state index contributed by atoms with van der Waals surface area (Å²) in [6.07, 6.45) is 1.14. The van der Waals surface area contributed by atoms with Gasteiger partial charge in [0.2, 0.25) is 5.95 Å². The number of benzene rings is 1. The Bertz CT molecular complexity index is 883. The maximum Gasteiger partial charge on any atom is 0.268 e. The fourth-order valence-corrected chi connectivity index (χ4v) is 3.52. The smallest absolute Gasteiger partial charge is 0.268 e. The van der Waals surface area contributed by atoms with Gasteiger partial charge in [-0.05, 0) is 50.7 Å². The van der Waals surface area contributed by atoms with Crippen LogP contribution in [0.1, 0.15) is 19.4 Å². The van der Waals surface area contributed by atoms with Crippen LogP contribution in [-0.2, 0) is 10.0 Å². The molecule has 0 spiro atoms. The van der Waals surface area contributed by atoms with Crippen molar-refractivity contribution < 1.29 is 8.42 Å². The molecule has 134 valence electrons. The van der Waals surface area contributed by atoms with Crippen molar-refractivity contribution in [2.24, 2.45) is 0 Å². The van der Waals surface area contributed by atoms with E-state index in [0.717, 1.165) is 11.8 Å². The number of hydrogen-bond donors (Lipinski definition) is 4. The van der Waals surface area contributed by atoms with Crippen LogP contribution in [0.4, 0.5) is 17.5 Å². The zero-order chi connectivity index (χ0) is 18.6. The van der Waals surface area contributed by atoms with E-state index in [4.69, 9.17) is 18.0 Å². The molecule has 5 N–H and O–H groups in total. The first-order valence-corrected chi connectivity index (χ1v) is 9.36. The molecule has 0 amide bonds. The number of nitrogens with two attached hydrogens (primary N) is 1. The molecule has 1 heterocycles. The molecule has 25 heavy (non-hydrogen) atoms. The van der Waals surface area contributed by atoms with Gasteiger partial charge in [-0.3, -0.25) is 4.72 Å². The molecular formula is C15H20N6O2S2. The van der Waals surface area contributed by atoms with Crippen LogP contribution in [-0.4, -0.2) is 29.5 Å². The van der Waals surface area contributed by atoms with Crippen molar-refractivity contribution in [3.63, 3.8) is 0 Å². The number of nitrogen functional groups attached to an aromatic ring is 1. The molecule has 0 bridgehead atoms. The Morgan fingerprint density at radius 2 is 2.04 bits per heavy atom. The predicted octanol–water partition coefficient (Wildman–Crippen LogP) is 1.67. The van der Waals surface area contributed by atoms with E-state index < -0.39 is 10.0 Å². The van der Waals surface area contributed by atoms with Crippen LogP contribution in [0.3, 0.4) is 0 Å². The summed E-state index contributed by atoms with van der Waals surface area (Å²) >= 11 is 5.01. The van der Waals surface area contributed by atoms with Crippen LogP contribution in [0.15, 0.2) is 35.4 Å². The summed E-state index contributed by atoms with van der Waals surface area (Å²) in [5, 5.41) is 5.77. The molecule has 0 unspecified atom stereocenters. The minimum atomic E-state index is -3.98. The molecule has 0 saturated heterocycles. The molecule has 0 aliphatic carbocycles. The lowest BCUT2D eigenvalue weighted by Gasteiger charge is -2.15. The Hall–Kier alpha value is -2.46. The van der Waals surface area contributed by atoms with Crippen LogP contribution in [0.5, 0.6) is 0 Å². The summed E-state index contributed by atoms with van der Waals surface area (Å²) in [6.45, 7) is 5.62. The van der Waals surface area contributed by atoms with E-state index in [1.165, 1.54) is 0 Å². The number of aryl methyl sites for hydroxylation is 1. The third-order valence-electron chi connectivity index (χ3n) is 2.99. The molecule has 1 aromatic carbocycles. The van der Waals surface area contributed by atoms with Gasteiger partial charge in [0, 0.05) is 11.7 Å². The van der Waals surface area contributed by atoms with E-state index in [2.05, 4.69) is 25.3 Å². The number of aromatic nitrogens is 2. The maximum atomic E-state index is 12.6. The van der Waals surface area contributed by atoms with Crippen molar-refractivity contribution in [2.45, 2.75) is 31.7 Å². The van der Waals surface area contributed by atoms with E-state index in [9.17, 15) is 8.42 Å². The normalized spacial score (nSPS) is 11.2. The van der Waals surface area contributed by atoms with Gasteiger partial charge in [-0.15, -0.1) is 0 Å². The van der Waals surface area contributed by atoms with Crippen LogP contribution >= 0.6 is 12.2 Å². The number of nitrogens with one attached hydrogen (secondary N) is 3. The number of hydrogen-bond acceptors (Lipinski definition) is 7. The zero-order valence-corrected chi connectivity index (χ0v) is 15.7. The molecule has 0 aliphatic heterocycles. The molecule has 10 heteroatoms. The molecule has 0 aliphatic rings. The van der Waals surface area contributed by atoms with Gasteiger partial charge in [0.25, 0.3) is 10.0 Å². The highest BCUT2D eigenvalue weighted by molar-refractivity contribution is 7.92. The number of nitrogens with zero attached hydrogens (tertiary/aromatic N) is 2. The number of rotatable bonds is 5. The highest BCUT2D eigenvalue weighted by Gasteiger charge is 2.22. The van der Waals surface area contributed by atoms with Gasteiger partial charge >= 0.3 is 0 Å². The first-order chi connectivity index (χ1) is 11.7. The van der Waals surface area contributed by atoms with Crippen molar-refractivity contribution >= 4 is 44.8 Å². The molecule has 1 aromatic heterocycles. The average Bonchev–Trinajstić information content (AvgIpc) is 2.45. The van der Waals surface area contributed by atoms with Gasteiger partial charge in [0.15, 0.2) is 10.9 Å². The number of anilines is 3. The fraction of sp³-hybridized carbons (Fsp3) is 0.267. The predicted molar refractivity (Wildman–Crippen MR) is 102 cm³/mol. The van der Waals surface area contributed by atoms with Gasteiger partial charge in [-0.2, -0.15) is 4.98 Å². The first-order valence-electron chi connectivity index (χ1n) is 7.47. The molecule has 0 fully saturated rings. The Morgan fingerprint density at radius 3 is 2.68 bits per heavy atom. The van der Waals surface area contributed by atoms with E-state index in [-0.39, 0.29) is 27.8 Å². The van der Waals surface area contributed by atoms with Gasteiger partial charge in [-0.25, -0.2) is 13.4 Å². The van der Waals surface area contributed by atoms with Crippen LogP contribution in [0.2, 0.25) is 0 Å². The van der Waals surface area contributed by atoms with Crippen molar-refractivity contribution in [1.29, 1.82) is 0 Å². The maximum absolute atomic E-state index is 12.6. The summed E-state index contributed by atoms with van der Waals surface area (Å²) < 4.78 is 27.5. The first kappa shape index (κ1) is 18.9. The summed E-state index contributed by atoms with van der Waals surface area (Å²) in [7, 11) is -3.98. The monoisotopic (exact) mass is 380 g/mol. The highest BCUT2D eigenvalue weighted by atomic mass is 32.2. The van der Waals surface area contributed by atoms with Crippen LogP contribution in [0, 0.1) is 6.92 Å². The van der Waals surface area contributed by atoms with Crippen molar-refractivity contribution in [3.05, 3.63) is 36.0 Å². The second kappa shape index (κ2) is 7.62. The van der Waals surface area contributed by atoms with Crippen molar-refractivity contribution in [2.75, 3.05) is 11.1 Å². The summed E-state index contributed by atoms with van der Waals surface area (Å²) in [5.41, 5.74) is 7.30. The van der Waals surface area contributed by atoms with E-state index in [1.54, 1.807) is 6.07 Å². The van der Waals surface area contributed by atoms with E-state index >= 15 is 0 Å². The quantitative estimate of drug-likeness (QED) is 0.578. The molecule has 2 rings (SSSR count). The van der Waals surface area contributed by atoms with Gasteiger partial charge in [0.1, 0.15) is 4.90 Å². The summed E-state index contributed by atoms with van der Waals surface area (Å²) in [5.74, 6) is 0.0231. The lowest BCUT2D eigenvalue weighted by molar-refractivity contribution is 0.591. The molecule has 0 atom stereocenters. The Morgan fingerprint density at radius 1 is 1.32 bits per heavy atom. The molecular weight excluding hydrogens is 360 g/mol. The largest absolute Gasteiger partial charge is 0.368 e. The second-order valence-electron chi connectivity index (χ2n) is 5.67. The molecule has 0 radical (unpaired) electrons. The van der Waals surface area contributed by atoms with E-state index in [1.807, 2.05) is 39.0 Å². The number of thiocarbonyl (C=S) groups is 1. The van der Waals surface area contributed by atoms with Gasteiger partial charge in [-0.1, -0.05) is 12.1 Å². The van der Waals surface area contributed by atoms with Crippen LogP contribution < -0.4 is 21.1 Å². The summed E-state index contributed by atoms with van der Waals surface area (Å²) in [6, 6.07) is 7.40. The topological polar surface area (TPSA) is 122 Å².